The largest absolute Gasteiger partial charge is 0.326 e. The second-order valence-electron chi connectivity index (χ2n) is 3.21. The molecule has 0 unspecified atom stereocenters. The third kappa shape index (κ3) is 2.24. The van der Waals surface area contributed by atoms with Crippen LogP contribution in [-0.2, 0) is 4.79 Å². The number of hydrogen-bond acceptors (Lipinski definition) is 3. The van der Waals surface area contributed by atoms with Gasteiger partial charge < -0.3 is 5.32 Å². The van der Waals surface area contributed by atoms with Crippen molar-refractivity contribution < 1.29 is 9.59 Å². The molecule has 0 spiro atoms. The molecule has 0 atom stereocenters. The molecule has 84 valence electrons. The standard InChI is InChI=1S/C10H7N5O2/c11-15-14-7-4-2-1-3-6(7)5-8-9(16)13-10(17)12-8/h1-5H,(H2,12,13,16,17)/b8-5+. The van der Waals surface area contributed by atoms with Gasteiger partial charge in [-0.2, -0.15) is 0 Å². The third-order valence-electron chi connectivity index (χ3n) is 2.11. The highest BCUT2D eigenvalue weighted by Gasteiger charge is 2.22. The summed E-state index contributed by atoms with van der Waals surface area (Å²) in [5.41, 5.74) is 9.45. The molecule has 0 bridgehead atoms. The normalized spacial score (nSPS) is 16.4. The minimum Gasteiger partial charge on any atom is -0.303 e. The molecule has 1 heterocycles. The van der Waals surface area contributed by atoms with Crippen molar-refractivity contribution in [3.05, 3.63) is 46.0 Å². The Labute approximate surface area is 95.8 Å². The highest BCUT2D eigenvalue weighted by Crippen LogP contribution is 2.21. The number of urea groups is 1. The van der Waals surface area contributed by atoms with E-state index >= 15 is 0 Å². The summed E-state index contributed by atoms with van der Waals surface area (Å²) in [6.07, 6.45) is 1.45. The maximum atomic E-state index is 11.3. The van der Waals surface area contributed by atoms with Gasteiger partial charge in [0, 0.05) is 10.6 Å². The van der Waals surface area contributed by atoms with Crippen LogP contribution in [-0.4, -0.2) is 11.9 Å². The predicted molar refractivity (Wildman–Crippen MR) is 59.9 cm³/mol. The number of amides is 3. The molecule has 1 saturated heterocycles. The van der Waals surface area contributed by atoms with Crippen LogP contribution in [0.25, 0.3) is 16.5 Å². The summed E-state index contributed by atoms with van der Waals surface area (Å²) >= 11 is 0. The van der Waals surface area contributed by atoms with E-state index in [0.29, 0.717) is 11.3 Å². The molecular formula is C10H7N5O2. The number of nitrogens with one attached hydrogen (secondary N) is 2. The number of nitrogens with zero attached hydrogens (tertiary/aromatic N) is 3. The molecule has 0 saturated carbocycles. The minimum absolute atomic E-state index is 0.121. The van der Waals surface area contributed by atoms with Crippen molar-refractivity contribution in [2.24, 2.45) is 5.11 Å². The first-order valence-corrected chi connectivity index (χ1v) is 4.69. The number of benzene rings is 1. The number of carbonyl (C=O) groups excluding carboxylic acids is 2. The van der Waals surface area contributed by atoms with Gasteiger partial charge in [0.2, 0.25) is 0 Å². The summed E-state index contributed by atoms with van der Waals surface area (Å²) < 4.78 is 0. The molecule has 1 fully saturated rings. The van der Waals surface area contributed by atoms with Crippen LogP contribution in [0, 0.1) is 0 Å². The zero-order chi connectivity index (χ0) is 12.3. The molecule has 7 heteroatoms. The lowest BCUT2D eigenvalue weighted by molar-refractivity contribution is -0.115. The van der Waals surface area contributed by atoms with E-state index in [9.17, 15) is 9.59 Å². The second-order valence-corrected chi connectivity index (χ2v) is 3.21. The van der Waals surface area contributed by atoms with Gasteiger partial charge in [0.1, 0.15) is 5.70 Å². The summed E-state index contributed by atoms with van der Waals surface area (Å²) in [4.78, 5) is 24.9. The first kappa shape index (κ1) is 10.7. The van der Waals surface area contributed by atoms with Crippen LogP contribution in [0.1, 0.15) is 5.56 Å². The van der Waals surface area contributed by atoms with Gasteiger partial charge in [-0.1, -0.05) is 29.4 Å². The second kappa shape index (κ2) is 4.38. The third-order valence-corrected chi connectivity index (χ3v) is 2.11. The monoisotopic (exact) mass is 229 g/mol. The Morgan fingerprint density at radius 3 is 2.65 bits per heavy atom. The van der Waals surface area contributed by atoms with E-state index in [4.69, 9.17) is 5.53 Å². The topological polar surface area (TPSA) is 107 Å². The Balaban J connectivity index is 2.42. The first-order valence-electron chi connectivity index (χ1n) is 4.69. The summed E-state index contributed by atoms with van der Waals surface area (Å²) in [6.45, 7) is 0. The van der Waals surface area contributed by atoms with Crippen LogP contribution in [0.15, 0.2) is 35.1 Å². The molecule has 1 aliphatic heterocycles. The smallest absolute Gasteiger partial charge is 0.303 e. The molecule has 1 aromatic carbocycles. The summed E-state index contributed by atoms with van der Waals surface area (Å²) in [5, 5.41) is 7.91. The van der Waals surface area contributed by atoms with Gasteiger partial charge in [0.05, 0.1) is 0 Å². The average Bonchev–Trinajstić information content (AvgIpc) is 2.61. The van der Waals surface area contributed by atoms with Gasteiger partial charge in [0.25, 0.3) is 5.91 Å². The van der Waals surface area contributed by atoms with Crippen LogP contribution < -0.4 is 10.6 Å². The molecule has 17 heavy (non-hydrogen) atoms. The Kier molecular flexibility index (Phi) is 2.76. The average molecular weight is 229 g/mol. The number of rotatable bonds is 2. The van der Waals surface area contributed by atoms with Crippen molar-refractivity contribution in [2.45, 2.75) is 0 Å². The van der Waals surface area contributed by atoms with Crippen LogP contribution in [0.2, 0.25) is 0 Å². The fraction of sp³-hybridized carbons (Fsp3) is 0. The highest BCUT2D eigenvalue weighted by molar-refractivity contribution is 6.14. The summed E-state index contributed by atoms with van der Waals surface area (Å²) in [7, 11) is 0. The quantitative estimate of drug-likeness (QED) is 0.265. The van der Waals surface area contributed by atoms with Crippen LogP contribution in [0.3, 0.4) is 0 Å². The molecule has 2 N–H and O–H groups in total. The maximum Gasteiger partial charge on any atom is 0.326 e. The number of carbonyl (C=O) groups is 2. The minimum atomic E-state index is -0.567. The predicted octanol–water partition coefficient (Wildman–Crippen LogP) is 1.81. The molecule has 0 aliphatic carbocycles. The maximum absolute atomic E-state index is 11.3. The lowest BCUT2D eigenvalue weighted by atomic mass is 10.1. The van der Waals surface area contributed by atoms with Crippen molar-refractivity contribution in [1.82, 2.24) is 10.6 Å². The number of azide groups is 1. The van der Waals surface area contributed by atoms with Crippen LogP contribution >= 0.6 is 0 Å². The van der Waals surface area contributed by atoms with Crippen molar-refractivity contribution >= 4 is 23.7 Å². The van der Waals surface area contributed by atoms with Crippen molar-refractivity contribution in [3.8, 4) is 0 Å². The lowest BCUT2D eigenvalue weighted by Gasteiger charge is -1.99. The fourth-order valence-electron chi connectivity index (χ4n) is 1.39. The number of imide groups is 1. The van der Waals surface area contributed by atoms with E-state index in [1.165, 1.54) is 6.08 Å². The molecule has 1 aromatic rings. The SMILES string of the molecule is [N-]=[N+]=Nc1ccccc1/C=C1/NC(=O)NC1=O. The highest BCUT2D eigenvalue weighted by atomic mass is 16.2. The van der Waals surface area contributed by atoms with Crippen LogP contribution in [0.4, 0.5) is 10.5 Å². The van der Waals surface area contributed by atoms with Gasteiger partial charge >= 0.3 is 6.03 Å². The van der Waals surface area contributed by atoms with E-state index in [1.807, 2.05) is 0 Å². The summed E-state index contributed by atoms with van der Waals surface area (Å²) in [6, 6.07) is 6.16. The van der Waals surface area contributed by atoms with Gasteiger partial charge in [-0.25, -0.2) is 4.79 Å². The molecule has 1 aliphatic rings. The molecule has 3 amide bonds. The Morgan fingerprint density at radius 1 is 1.24 bits per heavy atom. The lowest BCUT2D eigenvalue weighted by Crippen LogP contribution is -2.22. The Bertz CT molecular complexity index is 572. The zero-order valence-corrected chi connectivity index (χ0v) is 8.54. The fourth-order valence-corrected chi connectivity index (χ4v) is 1.39. The van der Waals surface area contributed by atoms with Crippen LogP contribution in [0.5, 0.6) is 0 Å². The van der Waals surface area contributed by atoms with Gasteiger partial charge in [0.15, 0.2) is 0 Å². The Hall–Kier alpha value is -2.79. The van der Waals surface area contributed by atoms with E-state index < -0.39 is 11.9 Å². The van der Waals surface area contributed by atoms with Gasteiger partial charge in [-0.3, -0.25) is 10.1 Å². The van der Waals surface area contributed by atoms with Gasteiger partial charge in [-0.05, 0) is 17.2 Å². The van der Waals surface area contributed by atoms with Gasteiger partial charge in [-0.15, -0.1) is 0 Å². The summed E-state index contributed by atoms with van der Waals surface area (Å²) in [5.74, 6) is -0.509. The molecule has 7 nitrogen and oxygen atoms in total. The molecular weight excluding hydrogens is 222 g/mol. The van der Waals surface area contributed by atoms with E-state index in [-0.39, 0.29) is 5.70 Å². The van der Waals surface area contributed by atoms with Crippen molar-refractivity contribution in [3.63, 3.8) is 0 Å². The van der Waals surface area contributed by atoms with E-state index in [0.717, 1.165) is 0 Å². The zero-order valence-electron chi connectivity index (χ0n) is 8.54. The molecule has 2 rings (SSSR count). The van der Waals surface area contributed by atoms with E-state index in [2.05, 4.69) is 20.7 Å². The Morgan fingerprint density at radius 2 is 2.00 bits per heavy atom. The first-order chi connectivity index (χ1) is 8.20. The molecule has 0 aromatic heterocycles. The van der Waals surface area contributed by atoms with E-state index in [1.54, 1.807) is 24.3 Å². The van der Waals surface area contributed by atoms with Crippen molar-refractivity contribution in [1.29, 1.82) is 0 Å². The number of hydrogen-bond donors (Lipinski definition) is 2. The van der Waals surface area contributed by atoms with Crippen molar-refractivity contribution in [2.75, 3.05) is 0 Å². The molecule has 0 radical (unpaired) electrons.